The monoisotopic (exact) mass is 443 g/mol. The Bertz CT molecular complexity index is 1120. The zero-order valence-electron chi connectivity index (χ0n) is 19.3. The molecule has 0 N–H and O–H groups in total. The van der Waals surface area contributed by atoms with Crippen LogP contribution in [0.25, 0.3) is 11.1 Å². The lowest BCUT2D eigenvalue weighted by Gasteiger charge is -2.37. The summed E-state index contributed by atoms with van der Waals surface area (Å²) in [5, 5.41) is 6.87. The topological polar surface area (TPSA) is 46.5 Å². The number of hydrazone groups is 1. The zero-order valence-corrected chi connectivity index (χ0v) is 19.3. The second-order valence-electron chi connectivity index (χ2n) is 8.23. The van der Waals surface area contributed by atoms with E-state index in [9.17, 15) is 0 Å². The maximum atomic E-state index is 5.58. The Labute approximate surface area is 195 Å². The molecule has 0 saturated carbocycles. The number of hydrogen-bond donors (Lipinski definition) is 0. The normalized spacial score (nSPS) is 16.0. The summed E-state index contributed by atoms with van der Waals surface area (Å²) < 4.78 is 16.4. The molecule has 1 aliphatic heterocycles. The van der Waals surface area contributed by atoms with Crippen LogP contribution in [0.15, 0.2) is 65.8 Å². The number of piperazine rings is 1. The van der Waals surface area contributed by atoms with Gasteiger partial charge in [-0.05, 0) is 34.4 Å². The van der Waals surface area contributed by atoms with Crippen LogP contribution in [-0.2, 0) is 0 Å². The molecule has 2 aliphatic rings. The minimum absolute atomic E-state index is 0.314. The van der Waals surface area contributed by atoms with Crippen molar-refractivity contribution in [3.05, 3.63) is 77.4 Å². The fraction of sp³-hybridized carbons (Fsp3) is 0.296. The Kier molecular flexibility index (Phi) is 5.92. The Morgan fingerprint density at radius 1 is 0.727 bits per heavy atom. The minimum atomic E-state index is 0.314. The highest BCUT2D eigenvalue weighted by Gasteiger charge is 2.33. The summed E-state index contributed by atoms with van der Waals surface area (Å²) in [6, 6.07) is 21.7. The number of benzene rings is 3. The summed E-state index contributed by atoms with van der Waals surface area (Å²) in [5.41, 5.74) is 6.39. The quantitative estimate of drug-likeness (QED) is 0.528. The van der Waals surface area contributed by atoms with Crippen molar-refractivity contribution in [3.8, 4) is 28.4 Å². The molecule has 0 aromatic heterocycles. The van der Waals surface area contributed by atoms with Gasteiger partial charge in [0.2, 0.25) is 5.75 Å². The maximum Gasteiger partial charge on any atom is 0.203 e. The van der Waals surface area contributed by atoms with Gasteiger partial charge in [0.1, 0.15) is 0 Å². The lowest BCUT2D eigenvalue weighted by Crippen LogP contribution is -2.45. The lowest BCUT2D eigenvalue weighted by atomic mass is 10.0. The van der Waals surface area contributed by atoms with Crippen molar-refractivity contribution in [1.29, 1.82) is 0 Å². The molecule has 170 valence electrons. The molecule has 0 amide bonds. The molecule has 33 heavy (non-hydrogen) atoms. The minimum Gasteiger partial charge on any atom is -0.493 e. The van der Waals surface area contributed by atoms with Gasteiger partial charge in [-0.25, -0.2) is 0 Å². The van der Waals surface area contributed by atoms with E-state index in [4.69, 9.17) is 19.3 Å². The third-order valence-electron chi connectivity index (χ3n) is 6.55. The molecule has 1 saturated heterocycles. The van der Waals surface area contributed by atoms with Gasteiger partial charge >= 0.3 is 0 Å². The molecule has 0 radical (unpaired) electrons. The predicted octanol–water partition coefficient (Wildman–Crippen LogP) is 4.43. The fourth-order valence-electron chi connectivity index (χ4n) is 4.98. The van der Waals surface area contributed by atoms with E-state index in [2.05, 4.69) is 58.4 Å². The molecule has 3 aromatic rings. The van der Waals surface area contributed by atoms with Gasteiger partial charge in [0.25, 0.3) is 0 Å². The van der Waals surface area contributed by atoms with Gasteiger partial charge in [0, 0.05) is 31.7 Å². The molecule has 5 rings (SSSR count). The van der Waals surface area contributed by atoms with Crippen LogP contribution >= 0.6 is 0 Å². The molecule has 0 atom stereocenters. The first-order chi connectivity index (χ1) is 16.2. The van der Waals surface area contributed by atoms with Crippen molar-refractivity contribution in [3.63, 3.8) is 0 Å². The summed E-state index contributed by atoms with van der Waals surface area (Å²) >= 11 is 0. The van der Waals surface area contributed by atoms with Gasteiger partial charge in [0.05, 0.1) is 33.6 Å². The van der Waals surface area contributed by atoms with Gasteiger partial charge in [-0.3, -0.25) is 9.91 Å². The molecule has 1 heterocycles. The number of hydrogen-bond acceptors (Lipinski definition) is 6. The largest absolute Gasteiger partial charge is 0.493 e. The summed E-state index contributed by atoms with van der Waals surface area (Å²) in [6.07, 6.45) is 1.84. The number of rotatable bonds is 6. The van der Waals surface area contributed by atoms with Crippen LogP contribution in [0.1, 0.15) is 22.7 Å². The average molecular weight is 444 g/mol. The van der Waals surface area contributed by atoms with Crippen LogP contribution in [0.5, 0.6) is 17.2 Å². The van der Waals surface area contributed by atoms with E-state index in [1.165, 1.54) is 22.3 Å². The predicted molar refractivity (Wildman–Crippen MR) is 131 cm³/mol. The summed E-state index contributed by atoms with van der Waals surface area (Å²) in [7, 11) is 4.86. The van der Waals surface area contributed by atoms with Gasteiger partial charge in [-0.2, -0.15) is 5.10 Å². The van der Waals surface area contributed by atoms with Crippen LogP contribution < -0.4 is 14.2 Å². The first-order valence-electron chi connectivity index (χ1n) is 11.2. The van der Waals surface area contributed by atoms with E-state index in [0.717, 1.165) is 31.7 Å². The summed E-state index contributed by atoms with van der Waals surface area (Å²) in [6.45, 7) is 3.64. The molecule has 3 aromatic carbocycles. The van der Waals surface area contributed by atoms with Crippen LogP contribution in [0.2, 0.25) is 0 Å². The number of methoxy groups -OCH3 is 3. The molecule has 1 aliphatic carbocycles. The van der Waals surface area contributed by atoms with Crippen molar-refractivity contribution in [1.82, 2.24) is 9.91 Å². The Morgan fingerprint density at radius 3 is 1.91 bits per heavy atom. The average Bonchev–Trinajstić information content (AvgIpc) is 3.21. The lowest BCUT2D eigenvalue weighted by molar-refractivity contribution is 0.114. The van der Waals surface area contributed by atoms with Crippen molar-refractivity contribution in [2.75, 3.05) is 47.5 Å². The van der Waals surface area contributed by atoms with E-state index in [1.807, 2.05) is 18.3 Å². The van der Waals surface area contributed by atoms with Crippen molar-refractivity contribution < 1.29 is 14.2 Å². The molecule has 1 fully saturated rings. The van der Waals surface area contributed by atoms with Crippen molar-refractivity contribution in [2.24, 2.45) is 5.10 Å². The zero-order chi connectivity index (χ0) is 22.8. The van der Waals surface area contributed by atoms with E-state index in [-0.39, 0.29) is 0 Å². The van der Waals surface area contributed by atoms with E-state index < -0.39 is 0 Å². The Balaban J connectivity index is 1.31. The number of nitrogens with zero attached hydrogens (tertiary/aromatic N) is 3. The molecular formula is C27H29N3O3. The maximum absolute atomic E-state index is 5.58. The van der Waals surface area contributed by atoms with Gasteiger partial charge in [-0.15, -0.1) is 0 Å². The number of ether oxygens (including phenoxy) is 3. The van der Waals surface area contributed by atoms with Crippen LogP contribution in [-0.4, -0.2) is 63.6 Å². The highest BCUT2D eigenvalue weighted by Crippen LogP contribution is 2.46. The molecule has 0 spiro atoms. The summed E-state index contributed by atoms with van der Waals surface area (Å²) in [5.74, 6) is 1.84. The first-order valence-corrected chi connectivity index (χ1v) is 11.2. The third kappa shape index (κ3) is 3.80. The fourth-order valence-corrected chi connectivity index (χ4v) is 4.98. The van der Waals surface area contributed by atoms with Crippen molar-refractivity contribution >= 4 is 6.21 Å². The summed E-state index contributed by atoms with van der Waals surface area (Å²) in [4.78, 5) is 2.58. The van der Waals surface area contributed by atoms with E-state index in [0.29, 0.717) is 23.3 Å². The van der Waals surface area contributed by atoms with Gasteiger partial charge in [0.15, 0.2) is 11.5 Å². The van der Waals surface area contributed by atoms with E-state index >= 15 is 0 Å². The second-order valence-corrected chi connectivity index (χ2v) is 8.23. The van der Waals surface area contributed by atoms with Gasteiger partial charge < -0.3 is 14.2 Å². The first kappa shape index (κ1) is 21.3. The molecule has 6 heteroatoms. The Hall–Kier alpha value is -3.51. The van der Waals surface area contributed by atoms with Crippen LogP contribution in [0.4, 0.5) is 0 Å². The molecule has 0 unspecified atom stereocenters. The molecular weight excluding hydrogens is 414 g/mol. The smallest absolute Gasteiger partial charge is 0.203 e. The van der Waals surface area contributed by atoms with Gasteiger partial charge in [-0.1, -0.05) is 48.5 Å². The standard InChI is InChI=1S/C27H29N3O3/c1-31-24-13-12-19(26(32-2)27(24)33-3)18-28-30-16-14-29(15-17-30)25-22-10-6-4-8-20(22)21-9-5-7-11-23(21)25/h4-13,18,25H,14-17H2,1-3H3/b28-18-. The van der Waals surface area contributed by atoms with Crippen molar-refractivity contribution in [2.45, 2.75) is 6.04 Å². The SMILES string of the molecule is COc1ccc(/C=N\N2CCN(C3c4ccccc4-c4ccccc43)CC2)c(OC)c1OC. The van der Waals surface area contributed by atoms with Crippen LogP contribution in [0.3, 0.4) is 0 Å². The Morgan fingerprint density at radius 2 is 1.33 bits per heavy atom. The highest BCUT2D eigenvalue weighted by atomic mass is 16.5. The van der Waals surface area contributed by atoms with Crippen LogP contribution in [0, 0.1) is 0 Å². The number of fused-ring (bicyclic) bond motifs is 3. The highest BCUT2D eigenvalue weighted by molar-refractivity contribution is 5.86. The second kappa shape index (κ2) is 9.16. The van der Waals surface area contributed by atoms with E-state index in [1.54, 1.807) is 21.3 Å². The molecule has 0 bridgehead atoms. The third-order valence-corrected chi connectivity index (χ3v) is 6.55. The molecule has 6 nitrogen and oxygen atoms in total.